The Hall–Kier alpha value is -2.38. The molecule has 8 heteroatoms. The van der Waals surface area contributed by atoms with Crippen LogP contribution in [0.15, 0.2) is 33.9 Å². The van der Waals surface area contributed by atoms with Gasteiger partial charge in [0.15, 0.2) is 0 Å². The number of nitrogens with one attached hydrogen (secondary N) is 1. The molecule has 0 aliphatic rings. The molecule has 2 aromatic rings. The molecule has 0 saturated heterocycles. The summed E-state index contributed by atoms with van der Waals surface area (Å²) >= 11 is 5.88. The van der Waals surface area contributed by atoms with E-state index < -0.39 is 11.2 Å². The summed E-state index contributed by atoms with van der Waals surface area (Å²) in [5, 5.41) is 0.650. The molecule has 7 nitrogen and oxygen atoms in total. The molecule has 0 amide bonds. The van der Waals surface area contributed by atoms with Crippen molar-refractivity contribution in [3.8, 4) is 0 Å². The highest BCUT2D eigenvalue weighted by Gasteiger charge is 2.23. The van der Waals surface area contributed by atoms with E-state index in [4.69, 9.17) is 17.3 Å². The summed E-state index contributed by atoms with van der Waals surface area (Å²) in [7, 11) is 3.21. The van der Waals surface area contributed by atoms with Gasteiger partial charge < -0.3 is 10.6 Å². The average molecular weight is 380 g/mol. The van der Waals surface area contributed by atoms with E-state index in [-0.39, 0.29) is 23.7 Å². The van der Waals surface area contributed by atoms with Crippen LogP contribution in [-0.2, 0) is 20.1 Å². The molecule has 0 saturated carbocycles. The van der Waals surface area contributed by atoms with Gasteiger partial charge in [-0.15, -0.1) is 0 Å². The van der Waals surface area contributed by atoms with Crippen LogP contribution in [0.4, 0.5) is 5.82 Å². The van der Waals surface area contributed by atoms with Gasteiger partial charge in [0.25, 0.3) is 5.56 Å². The lowest BCUT2D eigenvalue weighted by Crippen LogP contribution is -3.08. The monoisotopic (exact) mass is 379 g/mol. The third kappa shape index (κ3) is 4.23. The fraction of sp³-hybridized carbons (Fsp3) is 0.389. The van der Waals surface area contributed by atoms with Crippen LogP contribution in [0.3, 0.4) is 0 Å². The van der Waals surface area contributed by atoms with Crippen LogP contribution in [-0.4, -0.2) is 28.5 Å². The molecule has 2 rings (SSSR count). The number of likely N-dealkylation sites (N-methyl/N-ethyl adjacent to an activating group) is 1. The summed E-state index contributed by atoms with van der Waals surface area (Å²) in [6, 6.07) is 7.37. The number of quaternary nitrogens is 1. The zero-order valence-electron chi connectivity index (χ0n) is 15.2. The van der Waals surface area contributed by atoms with Crippen LogP contribution in [0.1, 0.15) is 29.3 Å². The first-order chi connectivity index (χ1) is 12.3. The van der Waals surface area contributed by atoms with Crippen LogP contribution in [0.5, 0.6) is 0 Å². The number of benzene rings is 1. The summed E-state index contributed by atoms with van der Waals surface area (Å²) in [6.07, 6.45) is 0.664. The SMILES string of the molecule is CCCn1c(N)c(C(=O)C[NH+](C)Cc2ccc(Cl)cc2)c(=O)n(C)c1=O. The van der Waals surface area contributed by atoms with Crippen LogP contribution in [0.25, 0.3) is 0 Å². The van der Waals surface area contributed by atoms with E-state index in [1.165, 1.54) is 11.6 Å². The smallest absolute Gasteiger partial charge is 0.332 e. The van der Waals surface area contributed by atoms with E-state index in [1.807, 2.05) is 26.1 Å². The number of rotatable bonds is 7. The largest absolute Gasteiger partial charge is 0.384 e. The lowest BCUT2D eigenvalue weighted by Gasteiger charge is -2.16. The zero-order chi connectivity index (χ0) is 19.4. The highest BCUT2D eigenvalue weighted by molar-refractivity contribution is 6.30. The Labute approximate surface area is 156 Å². The third-order valence-electron chi connectivity index (χ3n) is 4.19. The first-order valence-electron chi connectivity index (χ1n) is 8.44. The maximum absolute atomic E-state index is 12.7. The van der Waals surface area contributed by atoms with Crippen LogP contribution < -0.4 is 21.9 Å². The van der Waals surface area contributed by atoms with Gasteiger partial charge in [0.1, 0.15) is 24.5 Å². The number of Topliss-reactive ketones (excluding diaryl/α,β-unsaturated/α-hetero) is 1. The number of nitrogens with two attached hydrogens (primary N) is 1. The summed E-state index contributed by atoms with van der Waals surface area (Å²) in [4.78, 5) is 38.2. The Morgan fingerprint density at radius 1 is 1.23 bits per heavy atom. The van der Waals surface area contributed by atoms with Gasteiger partial charge in [-0.2, -0.15) is 0 Å². The fourth-order valence-corrected chi connectivity index (χ4v) is 2.99. The van der Waals surface area contributed by atoms with Crippen molar-refractivity contribution in [2.45, 2.75) is 26.4 Å². The van der Waals surface area contributed by atoms with Crippen molar-refractivity contribution in [2.75, 3.05) is 19.3 Å². The number of carbonyl (C=O) groups excluding carboxylic acids is 1. The molecule has 0 radical (unpaired) electrons. The molecule has 0 aliphatic carbocycles. The Morgan fingerprint density at radius 2 is 1.85 bits per heavy atom. The number of carbonyl (C=O) groups is 1. The molecule has 0 bridgehead atoms. The number of nitrogen functional groups attached to an aromatic ring is 1. The Morgan fingerprint density at radius 3 is 2.42 bits per heavy atom. The maximum atomic E-state index is 12.7. The zero-order valence-corrected chi connectivity index (χ0v) is 16.0. The second-order valence-electron chi connectivity index (χ2n) is 6.42. The van der Waals surface area contributed by atoms with Crippen molar-refractivity contribution in [3.63, 3.8) is 0 Å². The predicted molar refractivity (Wildman–Crippen MR) is 102 cm³/mol. The van der Waals surface area contributed by atoms with E-state index >= 15 is 0 Å². The number of anilines is 1. The summed E-state index contributed by atoms with van der Waals surface area (Å²) < 4.78 is 2.22. The van der Waals surface area contributed by atoms with Crippen molar-refractivity contribution in [3.05, 3.63) is 61.3 Å². The van der Waals surface area contributed by atoms with Gasteiger partial charge >= 0.3 is 5.69 Å². The predicted octanol–water partition coefficient (Wildman–Crippen LogP) is 0.0902. The number of nitrogens with zero attached hydrogens (tertiary/aromatic N) is 2. The van der Waals surface area contributed by atoms with E-state index in [9.17, 15) is 14.4 Å². The molecular weight excluding hydrogens is 356 g/mol. The molecule has 1 aromatic carbocycles. The maximum Gasteiger partial charge on any atom is 0.332 e. The number of hydrogen-bond donors (Lipinski definition) is 2. The normalized spacial score (nSPS) is 12.2. The molecule has 1 unspecified atom stereocenters. The summed E-state index contributed by atoms with van der Waals surface area (Å²) in [5.74, 6) is -0.427. The highest BCUT2D eigenvalue weighted by Crippen LogP contribution is 2.09. The molecule has 3 N–H and O–H groups in total. The summed E-state index contributed by atoms with van der Waals surface area (Å²) in [5.41, 5.74) is 5.74. The molecule has 140 valence electrons. The van der Waals surface area contributed by atoms with Crippen LogP contribution in [0, 0.1) is 0 Å². The lowest BCUT2D eigenvalue weighted by atomic mass is 10.1. The molecule has 0 fully saturated rings. The Balaban J connectivity index is 2.27. The van der Waals surface area contributed by atoms with Crippen molar-refractivity contribution in [1.29, 1.82) is 0 Å². The number of aromatic nitrogens is 2. The van der Waals surface area contributed by atoms with Gasteiger partial charge in [0.05, 0.1) is 7.05 Å². The van der Waals surface area contributed by atoms with Gasteiger partial charge in [-0.3, -0.25) is 18.7 Å². The van der Waals surface area contributed by atoms with Crippen molar-refractivity contribution in [2.24, 2.45) is 7.05 Å². The van der Waals surface area contributed by atoms with E-state index in [2.05, 4.69) is 0 Å². The van der Waals surface area contributed by atoms with Crippen molar-refractivity contribution >= 4 is 23.2 Å². The molecule has 26 heavy (non-hydrogen) atoms. The fourth-order valence-electron chi connectivity index (χ4n) is 2.86. The van der Waals surface area contributed by atoms with Crippen molar-refractivity contribution < 1.29 is 9.69 Å². The van der Waals surface area contributed by atoms with E-state index in [1.54, 1.807) is 12.1 Å². The van der Waals surface area contributed by atoms with E-state index in [0.29, 0.717) is 24.5 Å². The van der Waals surface area contributed by atoms with Gasteiger partial charge in [0, 0.05) is 24.2 Å². The summed E-state index contributed by atoms with van der Waals surface area (Å²) in [6.45, 7) is 2.93. The van der Waals surface area contributed by atoms with Gasteiger partial charge in [0.2, 0.25) is 5.78 Å². The number of hydrogen-bond acceptors (Lipinski definition) is 4. The van der Waals surface area contributed by atoms with Gasteiger partial charge in [-0.05, 0) is 18.6 Å². The molecular formula is C18H24ClN4O3+. The minimum absolute atomic E-state index is 0.0516. The molecule has 1 atom stereocenters. The quantitative estimate of drug-likeness (QED) is 0.667. The minimum atomic E-state index is -0.649. The molecule has 1 aromatic heterocycles. The van der Waals surface area contributed by atoms with Crippen LogP contribution in [0.2, 0.25) is 5.02 Å². The van der Waals surface area contributed by atoms with Gasteiger partial charge in [-0.25, -0.2) is 4.79 Å². The van der Waals surface area contributed by atoms with Crippen LogP contribution >= 0.6 is 11.6 Å². The van der Waals surface area contributed by atoms with Crippen molar-refractivity contribution in [1.82, 2.24) is 9.13 Å². The second-order valence-corrected chi connectivity index (χ2v) is 6.86. The number of halogens is 1. The molecule has 0 aliphatic heterocycles. The average Bonchev–Trinajstić information content (AvgIpc) is 2.59. The molecule has 1 heterocycles. The van der Waals surface area contributed by atoms with E-state index in [0.717, 1.165) is 15.0 Å². The first kappa shape index (κ1) is 19.9. The first-order valence-corrected chi connectivity index (χ1v) is 8.82. The second kappa shape index (κ2) is 8.33. The Bertz CT molecular complexity index is 916. The topological polar surface area (TPSA) is 91.5 Å². The minimum Gasteiger partial charge on any atom is -0.384 e. The standard InChI is InChI=1S/C18H23ClN4O3/c1-4-9-23-16(20)15(17(25)22(3)18(23)26)14(24)11-21(2)10-12-5-7-13(19)8-6-12/h5-8H,4,9-11,20H2,1-3H3/p+1. The number of ketones is 1. The third-order valence-corrected chi connectivity index (χ3v) is 4.44. The highest BCUT2D eigenvalue weighted by atomic mass is 35.5. The Kier molecular flexibility index (Phi) is 6.39. The molecule has 0 spiro atoms. The lowest BCUT2D eigenvalue weighted by molar-refractivity contribution is -0.884. The van der Waals surface area contributed by atoms with Gasteiger partial charge in [-0.1, -0.05) is 30.7 Å².